The van der Waals surface area contributed by atoms with Crippen molar-refractivity contribution in [3.05, 3.63) is 0 Å². The van der Waals surface area contributed by atoms with Gasteiger partial charge >= 0.3 is 0 Å². The number of aliphatic hydroxyl groups is 1. The van der Waals surface area contributed by atoms with Crippen LogP contribution in [-0.2, 0) is 0 Å². The molecule has 0 atom stereocenters. The molecule has 0 unspecified atom stereocenters. The minimum Gasteiger partial charge on any atom is -0.384 e. The van der Waals surface area contributed by atoms with Crippen LogP contribution in [0.15, 0.2) is 0 Å². The second-order valence-corrected chi connectivity index (χ2v) is 3.72. The van der Waals surface area contributed by atoms with Crippen molar-refractivity contribution < 1.29 is 5.11 Å². The molecule has 0 saturated heterocycles. The van der Waals surface area contributed by atoms with Gasteiger partial charge in [0, 0.05) is 12.5 Å². The number of aliphatic hydroxyl groups excluding tert-OH is 1. The van der Waals surface area contributed by atoms with Crippen LogP contribution in [-0.4, -0.2) is 24.8 Å². The summed E-state index contributed by atoms with van der Waals surface area (Å²) in [4.78, 5) is 0. The SMILES string of the molecule is CNC1CCC(CC#CCO)CC1. The summed E-state index contributed by atoms with van der Waals surface area (Å²) >= 11 is 0. The largest absolute Gasteiger partial charge is 0.384 e. The molecular formula is C11H19NO. The lowest BCUT2D eigenvalue weighted by Gasteiger charge is -2.26. The molecule has 1 saturated carbocycles. The first-order chi connectivity index (χ1) is 6.36. The average Bonchev–Trinajstić information content (AvgIpc) is 2.19. The van der Waals surface area contributed by atoms with Crippen molar-refractivity contribution in [2.75, 3.05) is 13.7 Å². The van der Waals surface area contributed by atoms with E-state index in [0.717, 1.165) is 18.4 Å². The van der Waals surface area contributed by atoms with Gasteiger partial charge in [0.15, 0.2) is 0 Å². The summed E-state index contributed by atoms with van der Waals surface area (Å²) < 4.78 is 0. The summed E-state index contributed by atoms with van der Waals surface area (Å²) in [6, 6.07) is 0.724. The molecule has 0 spiro atoms. The first-order valence-corrected chi connectivity index (χ1v) is 5.10. The van der Waals surface area contributed by atoms with Crippen molar-refractivity contribution in [1.82, 2.24) is 5.32 Å². The fourth-order valence-corrected chi connectivity index (χ4v) is 1.93. The Bertz CT molecular complexity index is 184. The van der Waals surface area contributed by atoms with Crippen molar-refractivity contribution in [2.45, 2.75) is 38.1 Å². The van der Waals surface area contributed by atoms with Gasteiger partial charge in [0.2, 0.25) is 0 Å². The lowest BCUT2D eigenvalue weighted by molar-refractivity contribution is 0.305. The monoisotopic (exact) mass is 181 g/mol. The molecule has 0 aromatic heterocycles. The Morgan fingerprint density at radius 3 is 2.46 bits per heavy atom. The molecule has 0 aromatic rings. The minimum absolute atomic E-state index is 0.00581. The molecule has 0 aliphatic heterocycles. The first-order valence-electron chi connectivity index (χ1n) is 5.10. The van der Waals surface area contributed by atoms with Crippen LogP contribution in [0.25, 0.3) is 0 Å². The van der Waals surface area contributed by atoms with Crippen molar-refractivity contribution in [2.24, 2.45) is 5.92 Å². The fourth-order valence-electron chi connectivity index (χ4n) is 1.93. The quantitative estimate of drug-likeness (QED) is 0.626. The smallest absolute Gasteiger partial charge is 0.104 e. The molecule has 0 radical (unpaired) electrons. The zero-order chi connectivity index (χ0) is 9.52. The highest BCUT2D eigenvalue weighted by Gasteiger charge is 2.18. The molecule has 0 amide bonds. The second kappa shape index (κ2) is 6.01. The molecule has 1 aliphatic rings. The molecule has 2 N–H and O–H groups in total. The van der Waals surface area contributed by atoms with Gasteiger partial charge in [-0.15, -0.1) is 5.92 Å². The summed E-state index contributed by atoms with van der Waals surface area (Å²) in [5, 5.41) is 11.8. The van der Waals surface area contributed by atoms with Gasteiger partial charge in [0.05, 0.1) is 0 Å². The summed E-state index contributed by atoms with van der Waals surface area (Å²) in [7, 11) is 2.04. The zero-order valence-electron chi connectivity index (χ0n) is 8.34. The maximum atomic E-state index is 8.49. The third kappa shape index (κ3) is 3.80. The third-order valence-electron chi connectivity index (χ3n) is 2.85. The van der Waals surface area contributed by atoms with Crippen LogP contribution < -0.4 is 5.32 Å². The van der Waals surface area contributed by atoms with Crippen LogP contribution in [0.4, 0.5) is 0 Å². The highest BCUT2D eigenvalue weighted by atomic mass is 16.2. The molecule has 0 aromatic carbocycles. The Kier molecular flexibility index (Phi) is 4.88. The summed E-state index contributed by atoms with van der Waals surface area (Å²) in [5.74, 6) is 6.50. The summed E-state index contributed by atoms with van der Waals surface area (Å²) in [6.07, 6.45) is 6.10. The number of rotatable bonds is 2. The zero-order valence-corrected chi connectivity index (χ0v) is 8.34. The number of hydrogen-bond donors (Lipinski definition) is 2. The maximum absolute atomic E-state index is 8.49. The predicted octanol–water partition coefficient (Wildman–Crippen LogP) is 1.15. The molecule has 13 heavy (non-hydrogen) atoms. The van der Waals surface area contributed by atoms with E-state index in [2.05, 4.69) is 17.2 Å². The molecule has 74 valence electrons. The molecule has 2 heteroatoms. The van der Waals surface area contributed by atoms with E-state index in [1.54, 1.807) is 0 Å². The topological polar surface area (TPSA) is 32.3 Å². The van der Waals surface area contributed by atoms with Crippen LogP contribution >= 0.6 is 0 Å². The molecule has 2 nitrogen and oxygen atoms in total. The van der Waals surface area contributed by atoms with Crippen LogP contribution in [0.2, 0.25) is 0 Å². The van der Waals surface area contributed by atoms with Gasteiger partial charge in [0.1, 0.15) is 6.61 Å². The minimum atomic E-state index is 0.00581. The highest BCUT2D eigenvalue weighted by molar-refractivity contribution is 5.00. The molecule has 0 heterocycles. The fraction of sp³-hybridized carbons (Fsp3) is 0.818. The standard InChI is InChI=1S/C11H19NO/c1-12-11-7-5-10(6-8-11)4-2-3-9-13/h10-13H,4-9H2,1H3. The predicted molar refractivity (Wildman–Crippen MR) is 54.3 cm³/mol. The van der Waals surface area contributed by atoms with E-state index in [0.29, 0.717) is 0 Å². The Labute approximate surface area is 80.7 Å². The average molecular weight is 181 g/mol. The molecule has 1 aliphatic carbocycles. The van der Waals surface area contributed by atoms with E-state index in [4.69, 9.17) is 5.11 Å². The van der Waals surface area contributed by atoms with E-state index in [1.165, 1.54) is 25.7 Å². The van der Waals surface area contributed by atoms with Crippen molar-refractivity contribution in [3.63, 3.8) is 0 Å². The lowest BCUT2D eigenvalue weighted by atomic mass is 9.84. The molecule has 1 rings (SSSR count). The van der Waals surface area contributed by atoms with Crippen LogP contribution in [0.5, 0.6) is 0 Å². The van der Waals surface area contributed by atoms with E-state index < -0.39 is 0 Å². The second-order valence-electron chi connectivity index (χ2n) is 3.72. The van der Waals surface area contributed by atoms with Crippen LogP contribution in [0.1, 0.15) is 32.1 Å². The van der Waals surface area contributed by atoms with Gasteiger partial charge in [-0.3, -0.25) is 0 Å². The van der Waals surface area contributed by atoms with Gasteiger partial charge in [-0.2, -0.15) is 0 Å². The Hall–Kier alpha value is -0.520. The normalized spacial score (nSPS) is 27.8. The van der Waals surface area contributed by atoms with E-state index >= 15 is 0 Å². The van der Waals surface area contributed by atoms with Crippen molar-refractivity contribution in [3.8, 4) is 11.8 Å². The van der Waals surface area contributed by atoms with Crippen molar-refractivity contribution in [1.29, 1.82) is 0 Å². The molecular weight excluding hydrogens is 162 g/mol. The molecule has 0 bridgehead atoms. The lowest BCUT2D eigenvalue weighted by Crippen LogP contribution is -2.29. The van der Waals surface area contributed by atoms with Gasteiger partial charge < -0.3 is 10.4 Å². The first kappa shape index (κ1) is 10.6. The number of nitrogens with one attached hydrogen (secondary N) is 1. The van der Waals surface area contributed by atoms with E-state index in [1.807, 2.05) is 7.05 Å². The Morgan fingerprint density at radius 1 is 1.23 bits per heavy atom. The summed E-state index contributed by atoms with van der Waals surface area (Å²) in [5.41, 5.74) is 0. The van der Waals surface area contributed by atoms with Gasteiger partial charge in [-0.25, -0.2) is 0 Å². The van der Waals surface area contributed by atoms with Gasteiger partial charge in [-0.1, -0.05) is 5.92 Å². The molecule has 1 fully saturated rings. The van der Waals surface area contributed by atoms with Crippen LogP contribution in [0.3, 0.4) is 0 Å². The number of hydrogen-bond acceptors (Lipinski definition) is 2. The highest BCUT2D eigenvalue weighted by Crippen LogP contribution is 2.26. The Morgan fingerprint density at radius 2 is 1.92 bits per heavy atom. The third-order valence-corrected chi connectivity index (χ3v) is 2.85. The maximum Gasteiger partial charge on any atom is 0.104 e. The van der Waals surface area contributed by atoms with Crippen LogP contribution in [0, 0.1) is 17.8 Å². The van der Waals surface area contributed by atoms with Crippen molar-refractivity contribution >= 4 is 0 Å². The van der Waals surface area contributed by atoms with E-state index in [9.17, 15) is 0 Å². The van der Waals surface area contributed by atoms with E-state index in [-0.39, 0.29) is 6.61 Å². The van der Waals surface area contributed by atoms with Gasteiger partial charge in [0.25, 0.3) is 0 Å². The Balaban J connectivity index is 2.17. The summed E-state index contributed by atoms with van der Waals surface area (Å²) in [6.45, 7) is 0.00581. The van der Waals surface area contributed by atoms with Gasteiger partial charge in [-0.05, 0) is 38.6 Å².